The highest BCUT2D eigenvalue weighted by atomic mass is 16.5. The lowest BCUT2D eigenvalue weighted by Gasteiger charge is -2.20. The molecule has 0 aliphatic heterocycles. The smallest absolute Gasteiger partial charge is 0.121 e. The minimum absolute atomic E-state index is 0.201. The summed E-state index contributed by atoms with van der Waals surface area (Å²) in [4.78, 5) is 0. The van der Waals surface area contributed by atoms with Crippen LogP contribution in [0, 0.1) is 12.8 Å². The first kappa shape index (κ1) is 11.5. The van der Waals surface area contributed by atoms with Crippen LogP contribution >= 0.6 is 0 Å². The summed E-state index contributed by atoms with van der Waals surface area (Å²) in [7, 11) is 1.71. The third kappa shape index (κ3) is 2.22. The van der Waals surface area contributed by atoms with E-state index in [1.54, 1.807) is 7.11 Å². The van der Waals surface area contributed by atoms with Gasteiger partial charge in [0.1, 0.15) is 5.75 Å². The van der Waals surface area contributed by atoms with Gasteiger partial charge in [0.05, 0.1) is 7.11 Å². The molecule has 16 heavy (non-hydrogen) atoms. The van der Waals surface area contributed by atoms with Crippen molar-refractivity contribution in [1.29, 1.82) is 0 Å². The van der Waals surface area contributed by atoms with Crippen molar-refractivity contribution in [3.63, 3.8) is 0 Å². The van der Waals surface area contributed by atoms with Crippen molar-refractivity contribution in [2.45, 2.75) is 38.6 Å². The summed E-state index contributed by atoms with van der Waals surface area (Å²) >= 11 is 0. The van der Waals surface area contributed by atoms with Crippen LogP contribution in [-0.2, 0) is 0 Å². The molecular formula is C14H21NO. The largest absolute Gasteiger partial charge is 0.496 e. The predicted molar refractivity (Wildman–Crippen MR) is 66.6 cm³/mol. The normalized spacial score (nSPS) is 18.7. The Hall–Kier alpha value is -1.02. The minimum Gasteiger partial charge on any atom is -0.496 e. The third-order valence-corrected chi connectivity index (χ3v) is 3.71. The molecule has 0 spiro atoms. The highest BCUT2D eigenvalue weighted by molar-refractivity contribution is 5.37. The fraction of sp³-hybridized carbons (Fsp3) is 0.571. The SMILES string of the molecule is COc1ccc(C(N)C2CCCC2)cc1C. The molecule has 1 atom stereocenters. The van der Waals surface area contributed by atoms with Gasteiger partial charge in [0.15, 0.2) is 0 Å². The molecule has 1 unspecified atom stereocenters. The van der Waals surface area contributed by atoms with E-state index in [2.05, 4.69) is 19.1 Å². The Morgan fingerprint density at radius 3 is 2.56 bits per heavy atom. The second kappa shape index (κ2) is 4.88. The van der Waals surface area contributed by atoms with Crippen LogP contribution in [0.3, 0.4) is 0 Å². The fourth-order valence-electron chi connectivity index (χ4n) is 2.70. The highest BCUT2D eigenvalue weighted by Crippen LogP contribution is 2.35. The van der Waals surface area contributed by atoms with Gasteiger partial charge in [-0.3, -0.25) is 0 Å². The van der Waals surface area contributed by atoms with Gasteiger partial charge in [0, 0.05) is 6.04 Å². The molecule has 1 aliphatic rings. The van der Waals surface area contributed by atoms with E-state index in [1.165, 1.54) is 36.8 Å². The molecule has 2 N–H and O–H groups in total. The van der Waals surface area contributed by atoms with E-state index in [0.717, 1.165) is 5.75 Å². The molecular weight excluding hydrogens is 198 g/mol. The standard InChI is InChI=1S/C14H21NO/c1-10-9-12(7-8-13(10)16-2)14(15)11-5-3-4-6-11/h7-9,11,14H,3-6,15H2,1-2H3. The lowest BCUT2D eigenvalue weighted by molar-refractivity contribution is 0.409. The van der Waals surface area contributed by atoms with Gasteiger partial charge in [-0.25, -0.2) is 0 Å². The molecule has 0 radical (unpaired) electrons. The topological polar surface area (TPSA) is 35.2 Å². The monoisotopic (exact) mass is 219 g/mol. The van der Waals surface area contributed by atoms with Gasteiger partial charge in [-0.2, -0.15) is 0 Å². The number of benzene rings is 1. The van der Waals surface area contributed by atoms with E-state index >= 15 is 0 Å². The first-order valence-corrected chi connectivity index (χ1v) is 6.12. The number of ether oxygens (including phenoxy) is 1. The van der Waals surface area contributed by atoms with E-state index in [0.29, 0.717) is 5.92 Å². The molecule has 1 aromatic carbocycles. The lowest BCUT2D eigenvalue weighted by Crippen LogP contribution is -2.19. The Morgan fingerprint density at radius 2 is 2.00 bits per heavy atom. The Balaban J connectivity index is 2.16. The van der Waals surface area contributed by atoms with Crippen LogP contribution in [-0.4, -0.2) is 7.11 Å². The molecule has 0 amide bonds. The average Bonchev–Trinajstić information content (AvgIpc) is 2.81. The first-order valence-electron chi connectivity index (χ1n) is 6.12. The number of nitrogens with two attached hydrogens (primary N) is 1. The molecule has 1 aliphatic carbocycles. The lowest BCUT2D eigenvalue weighted by atomic mass is 9.91. The zero-order chi connectivity index (χ0) is 11.5. The molecule has 0 bridgehead atoms. The molecule has 0 saturated heterocycles. The second-order valence-corrected chi connectivity index (χ2v) is 4.80. The van der Waals surface area contributed by atoms with Gasteiger partial charge in [0.2, 0.25) is 0 Å². The molecule has 1 saturated carbocycles. The minimum atomic E-state index is 0.201. The van der Waals surface area contributed by atoms with E-state index in [9.17, 15) is 0 Å². The number of hydrogen-bond acceptors (Lipinski definition) is 2. The summed E-state index contributed by atoms with van der Waals surface area (Å²) < 4.78 is 5.26. The van der Waals surface area contributed by atoms with Crippen LogP contribution in [0.15, 0.2) is 18.2 Å². The third-order valence-electron chi connectivity index (χ3n) is 3.71. The maximum atomic E-state index is 6.32. The Labute approximate surface area is 97.8 Å². The molecule has 2 nitrogen and oxygen atoms in total. The molecule has 1 fully saturated rings. The van der Waals surface area contributed by atoms with Crippen molar-refractivity contribution in [3.05, 3.63) is 29.3 Å². The summed E-state index contributed by atoms with van der Waals surface area (Å²) in [5.74, 6) is 1.62. The van der Waals surface area contributed by atoms with Crippen molar-refractivity contribution < 1.29 is 4.74 Å². The molecule has 2 heteroatoms. The van der Waals surface area contributed by atoms with Crippen LogP contribution in [0.5, 0.6) is 5.75 Å². The summed E-state index contributed by atoms with van der Waals surface area (Å²) in [6, 6.07) is 6.50. The number of rotatable bonds is 3. The van der Waals surface area contributed by atoms with Crippen molar-refractivity contribution in [2.24, 2.45) is 11.7 Å². The van der Waals surface area contributed by atoms with Gasteiger partial charge in [-0.15, -0.1) is 0 Å². The molecule has 1 aromatic rings. The van der Waals surface area contributed by atoms with Crippen molar-refractivity contribution >= 4 is 0 Å². The Bertz CT molecular complexity index is 356. The van der Waals surface area contributed by atoms with E-state index in [1.807, 2.05) is 6.07 Å². The molecule has 88 valence electrons. The molecule has 2 rings (SSSR count). The van der Waals surface area contributed by atoms with Crippen LogP contribution < -0.4 is 10.5 Å². The Morgan fingerprint density at radius 1 is 1.31 bits per heavy atom. The zero-order valence-electron chi connectivity index (χ0n) is 10.2. The van der Waals surface area contributed by atoms with Crippen molar-refractivity contribution in [2.75, 3.05) is 7.11 Å². The quantitative estimate of drug-likeness (QED) is 0.847. The van der Waals surface area contributed by atoms with E-state index in [-0.39, 0.29) is 6.04 Å². The van der Waals surface area contributed by atoms with Gasteiger partial charge in [-0.05, 0) is 42.9 Å². The van der Waals surface area contributed by atoms with Crippen LogP contribution in [0.2, 0.25) is 0 Å². The van der Waals surface area contributed by atoms with Crippen molar-refractivity contribution in [3.8, 4) is 5.75 Å². The van der Waals surface area contributed by atoms with Crippen LogP contribution in [0.1, 0.15) is 42.9 Å². The predicted octanol–water partition coefficient (Wildman–Crippen LogP) is 3.19. The maximum absolute atomic E-state index is 6.32. The van der Waals surface area contributed by atoms with Gasteiger partial charge < -0.3 is 10.5 Å². The molecule has 0 aromatic heterocycles. The van der Waals surface area contributed by atoms with Crippen LogP contribution in [0.4, 0.5) is 0 Å². The van der Waals surface area contributed by atoms with Gasteiger partial charge in [0.25, 0.3) is 0 Å². The van der Waals surface area contributed by atoms with E-state index < -0.39 is 0 Å². The zero-order valence-corrected chi connectivity index (χ0v) is 10.2. The second-order valence-electron chi connectivity index (χ2n) is 4.80. The maximum Gasteiger partial charge on any atom is 0.121 e. The molecule has 0 heterocycles. The summed E-state index contributed by atoms with van der Waals surface area (Å²) in [6.45, 7) is 2.07. The van der Waals surface area contributed by atoms with Gasteiger partial charge in [-0.1, -0.05) is 25.0 Å². The van der Waals surface area contributed by atoms with Gasteiger partial charge >= 0.3 is 0 Å². The highest BCUT2D eigenvalue weighted by Gasteiger charge is 2.23. The van der Waals surface area contributed by atoms with Crippen LogP contribution in [0.25, 0.3) is 0 Å². The number of methoxy groups -OCH3 is 1. The summed E-state index contributed by atoms with van der Waals surface area (Å²) in [5, 5.41) is 0. The summed E-state index contributed by atoms with van der Waals surface area (Å²) in [6.07, 6.45) is 5.25. The number of hydrogen-bond donors (Lipinski definition) is 1. The summed E-state index contributed by atoms with van der Waals surface area (Å²) in [5.41, 5.74) is 8.75. The Kier molecular flexibility index (Phi) is 3.49. The number of aryl methyl sites for hydroxylation is 1. The van der Waals surface area contributed by atoms with E-state index in [4.69, 9.17) is 10.5 Å². The average molecular weight is 219 g/mol. The first-order chi connectivity index (χ1) is 7.72. The fourth-order valence-corrected chi connectivity index (χ4v) is 2.70. The van der Waals surface area contributed by atoms with Crippen molar-refractivity contribution in [1.82, 2.24) is 0 Å².